The van der Waals surface area contributed by atoms with Gasteiger partial charge < -0.3 is 5.32 Å². The molecule has 2 rings (SSSR count). The van der Waals surface area contributed by atoms with Gasteiger partial charge in [0.2, 0.25) is 0 Å². The molecule has 0 heterocycles. The summed E-state index contributed by atoms with van der Waals surface area (Å²) in [5.41, 5.74) is -0.0175. The summed E-state index contributed by atoms with van der Waals surface area (Å²) in [6.07, 6.45) is 0. The van der Waals surface area contributed by atoms with Gasteiger partial charge in [0.25, 0.3) is 0 Å². The van der Waals surface area contributed by atoms with E-state index >= 15 is 0 Å². The van der Waals surface area contributed by atoms with Gasteiger partial charge in [-0.2, -0.15) is 0 Å². The molecule has 0 aliphatic rings. The molecule has 100 valence electrons. The van der Waals surface area contributed by atoms with E-state index in [0.717, 1.165) is 30.3 Å². The Morgan fingerprint density at radius 1 is 0.789 bits per heavy atom. The molecule has 0 aromatic heterocycles. The third-order valence-corrected chi connectivity index (χ3v) is 2.69. The van der Waals surface area contributed by atoms with Crippen LogP contribution in [0.1, 0.15) is 11.1 Å². The summed E-state index contributed by atoms with van der Waals surface area (Å²) in [5.74, 6) is -2.47. The zero-order chi connectivity index (χ0) is 13.8. The first kappa shape index (κ1) is 13.5. The van der Waals surface area contributed by atoms with Crippen LogP contribution in [0.2, 0.25) is 0 Å². The molecule has 0 unspecified atom stereocenters. The smallest absolute Gasteiger partial charge is 0.130 e. The Labute approximate surface area is 107 Å². The average Bonchev–Trinajstić information content (AvgIpc) is 2.37. The molecule has 19 heavy (non-hydrogen) atoms. The van der Waals surface area contributed by atoms with E-state index in [4.69, 9.17) is 0 Å². The lowest BCUT2D eigenvalue weighted by atomic mass is 10.1. The molecular formula is C14H11F4N. The minimum atomic E-state index is -0.674. The van der Waals surface area contributed by atoms with Crippen molar-refractivity contribution in [3.8, 4) is 0 Å². The number of halogens is 4. The molecule has 5 heteroatoms. The van der Waals surface area contributed by atoms with E-state index < -0.39 is 23.3 Å². The highest BCUT2D eigenvalue weighted by Gasteiger charge is 2.08. The Morgan fingerprint density at radius 2 is 1.47 bits per heavy atom. The maximum atomic E-state index is 13.3. The minimum Gasteiger partial charge on any atom is -0.308 e. The van der Waals surface area contributed by atoms with Crippen LogP contribution in [0.5, 0.6) is 0 Å². The number of rotatable bonds is 4. The summed E-state index contributed by atoms with van der Waals surface area (Å²) in [7, 11) is 0. The summed E-state index contributed by atoms with van der Waals surface area (Å²) in [6.45, 7) is -0.119. The highest BCUT2D eigenvalue weighted by molar-refractivity contribution is 5.21. The van der Waals surface area contributed by atoms with Crippen LogP contribution in [0.3, 0.4) is 0 Å². The highest BCUT2D eigenvalue weighted by atomic mass is 19.1. The predicted molar refractivity (Wildman–Crippen MR) is 63.3 cm³/mol. The van der Waals surface area contributed by atoms with Crippen LogP contribution < -0.4 is 5.32 Å². The molecule has 2 aromatic carbocycles. The van der Waals surface area contributed by atoms with E-state index in [9.17, 15) is 17.6 Å². The van der Waals surface area contributed by atoms with Crippen molar-refractivity contribution in [1.82, 2.24) is 5.32 Å². The van der Waals surface area contributed by atoms with Crippen LogP contribution >= 0.6 is 0 Å². The molecule has 1 nitrogen and oxygen atoms in total. The number of hydrogen-bond donors (Lipinski definition) is 1. The summed E-state index contributed by atoms with van der Waals surface area (Å²) >= 11 is 0. The fraction of sp³-hybridized carbons (Fsp3) is 0.143. The lowest BCUT2D eigenvalue weighted by molar-refractivity contribution is 0.527. The summed E-state index contributed by atoms with van der Waals surface area (Å²) in [4.78, 5) is 0. The maximum Gasteiger partial charge on any atom is 0.130 e. The normalized spacial score (nSPS) is 10.7. The van der Waals surface area contributed by atoms with Crippen molar-refractivity contribution in [2.75, 3.05) is 0 Å². The molecule has 0 saturated carbocycles. The fourth-order valence-corrected chi connectivity index (χ4v) is 1.70. The van der Waals surface area contributed by atoms with Crippen LogP contribution in [-0.4, -0.2) is 0 Å². The molecule has 0 fully saturated rings. The van der Waals surface area contributed by atoms with Crippen molar-refractivity contribution in [2.45, 2.75) is 13.1 Å². The van der Waals surface area contributed by atoms with Crippen molar-refractivity contribution in [2.24, 2.45) is 0 Å². The molecule has 0 aliphatic carbocycles. The molecular weight excluding hydrogens is 258 g/mol. The molecule has 0 bridgehead atoms. The van der Waals surface area contributed by atoms with Crippen molar-refractivity contribution < 1.29 is 17.6 Å². The monoisotopic (exact) mass is 269 g/mol. The molecule has 2 aromatic rings. The molecule has 0 amide bonds. The van der Waals surface area contributed by atoms with Gasteiger partial charge in [0.15, 0.2) is 0 Å². The van der Waals surface area contributed by atoms with E-state index in [1.807, 2.05) is 0 Å². The van der Waals surface area contributed by atoms with Gasteiger partial charge in [-0.1, -0.05) is 6.07 Å². The lowest BCUT2D eigenvalue weighted by Gasteiger charge is -2.08. The second kappa shape index (κ2) is 5.84. The molecule has 0 saturated heterocycles. The molecule has 0 aliphatic heterocycles. The zero-order valence-electron chi connectivity index (χ0n) is 9.89. The molecule has 1 N–H and O–H groups in total. The molecule has 0 atom stereocenters. The summed E-state index contributed by atoms with van der Waals surface area (Å²) in [6, 6.07) is 6.61. The highest BCUT2D eigenvalue weighted by Crippen LogP contribution is 2.13. The Kier molecular flexibility index (Phi) is 4.16. The van der Waals surface area contributed by atoms with Crippen LogP contribution in [0.15, 0.2) is 36.4 Å². The van der Waals surface area contributed by atoms with Gasteiger partial charge in [0, 0.05) is 24.2 Å². The largest absolute Gasteiger partial charge is 0.308 e. The van der Waals surface area contributed by atoms with Gasteiger partial charge in [-0.3, -0.25) is 0 Å². The summed E-state index contributed by atoms with van der Waals surface area (Å²) in [5, 5.41) is 2.68. The Hall–Kier alpha value is -1.88. The second-order valence-corrected chi connectivity index (χ2v) is 4.04. The van der Waals surface area contributed by atoms with Crippen LogP contribution in [0.25, 0.3) is 0 Å². The van der Waals surface area contributed by atoms with E-state index in [0.29, 0.717) is 0 Å². The lowest BCUT2D eigenvalue weighted by Crippen LogP contribution is -2.16. The number of benzene rings is 2. The third kappa shape index (κ3) is 3.32. The van der Waals surface area contributed by atoms with Crippen molar-refractivity contribution in [3.05, 3.63) is 70.8 Å². The maximum absolute atomic E-state index is 13.3. The standard InChI is InChI=1S/C14H11F4N/c15-10-4-5-12(16)9(6-10)7-19-8-11-13(17)2-1-3-14(11)18/h1-6,19H,7-8H2. The topological polar surface area (TPSA) is 12.0 Å². The van der Waals surface area contributed by atoms with Gasteiger partial charge in [-0.05, 0) is 30.3 Å². The SMILES string of the molecule is Fc1ccc(F)c(CNCc2c(F)cccc2F)c1. The van der Waals surface area contributed by atoms with E-state index in [1.54, 1.807) is 0 Å². The van der Waals surface area contributed by atoms with E-state index in [1.165, 1.54) is 6.07 Å². The van der Waals surface area contributed by atoms with Crippen molar-refractivity contribution >= 4 is 0 Å². The summed E-state index contributed by atoms with van der Waals surface area (Å²) < 4.78 is 52.8. The second-order valence-electron chi connectivity index (χ2n) is 4.04. The third-order valence-electron chi connectivity index (χ3n) is 2.69. The van der Waals surface area contributed by atoms with Gasteiger partial charge in [-0.15, -0.1) is 0 Å². The number of hydrogen-bond acceptors (Lipinski definition) is 1. The van der Waals surface area contributed by atoms with Crippen LogP contribution in [-0.2, 0) is 13.1 Å². The number of nitrogens with one attached hydrogen (secondary N) is 1. The van der Waals surface area contributed by atoms with Gasteiger partial charge >= 0.3 is 0 Å². The fourth-order valence-electron chi connectivity index (χ4n) is 1.70. The molecule has 0 spiro atoms. The first-order chi connectivity index (χ1) is 9.08. The average molecular weight is 269 g/mol. The first-order valence-electron chi connectivity index (χ1n) is 5.65. The van der Waals surface area contributed by atoms with Gasteiger partial charge in [0.1, 0.15) is 23.3 Å². The zero-order valence-corrected chi connectivity index (χ0v) is 9.89. The quantitative estimate of drug-likeness (QED) is 0.837. The Balaban J connectivity index is 2.02. The van der Waals surface area contributed by atoms with Crippen molar-refractivity contribution in [3.63, 3.8) is 0 Å². The molecule has 0 radical (unpaired) electrons. The predicted octanol–water partition coefficient (Wildman–Crippen LogP) is 3.53. The van der Waals surface area contributed by atoms with Crippen LogP contribution in [0.4, 0.5) is 17.6 Å². The Morgan fingerprint density at radius 3 is 2.16 bits per heavy atom. The first-order valence-corrected chi connectivity index (χ1v) is 5.65. The van der Waals surface area contributed by atoms with Crippen molar-refractivity contribution in [1.29, 1.82) is 0 Å². The van der Waals surface area contributed by atoms with E-state index in [2.05, 4.69) is 5.32 Å². The van der Waals surface area contributed by atoms with E-state index in [-0.39, 0.29) is 24.2 Å². The Bertz CT molecular complexity index is 563. The van der Waals surface area contributed by atoms with Gasteiger partial charge in [0.05, 0.1) is 0 Å². The minimum absolute atomic E-state index is 0.0165. The van der Waals surface area contributed by atoms with Crippen LogP contribution in [0, 0.1) is 23.3 Å². The van der Waals surface area contributed by atoms with Gasteiger partial charge in [-0.25, -0.2) is 17.6 Å².